The maximum absolute atomic E-state index is 11.4. The van der Waals surface area contributed by atoms with Gasteiger partial charge in [0.2, 0.25) is 5.91 Å². The van der Waals surface area contributed by atoms with Crippen molar-refractivity contribution in [2.75, 3.05) is 17.2 Å². The largest absolute Gasteiger partial charge is 0.370 e. The number of rotatable bonds is 7. The number of nitrogens with one attached hydrogen (secondary N) is 2. The topological polar surface area (TPSA) is 92.9 Å². The zero-order chi connectivity index (χ0) is 14.4. The standard InChI is InChI=1S/C13H23N5O/c1-5-9-16-10(15-6-2)7-11(17-9)18-12(8(3)4)13(14)19/h7-8,12H,5-6H2,1-4H3,(H2,14,19)(H2,15,16,17,18). The van der Waals surface area contributed by atoms with Crippen LogP contribution in [0.1, 0.15) is 33.5 Å². The number of amides is 1. The van der Waals surface area contributed by atoms with Gasteiger partial charge in [-0.05, 0) is 12.8 Å². The smallest absolute Gasteiger partial charge is 0.240 e. The summed E-state index contributed by atoms with van der Waals surface area (Å²) >= 11 is 0. The molecule has 1 atom stereocenters. The van der Waals surface area contributed by atoms with E-state index in [0.717, 1.165) is 24.6 Å². The average molecular weight is 265 g/mol. The minimum atomic E-state index is -0.436. The van der Waals surface area contributed by atoms with Gasteiger partial charge >= 0.3 is 0 Å². The molecule has 1 amide bonds. The van der Waals surface area contributed by atoms with Crippen LogP contribution in [-0.2, 0) is 11.2 Å². The first-order chi connectivity index (χ1) is 8.97. The molecule has 0 saturated heterocycles. The Bertz CT molecular complexity index is 433. The van der Waals surface area contributed by atoms with Crippen molar-refractivity contribution in [3.63, 3.8) is 0 Å². The molecule has 0 aromatic carbocycles. The number of anilines is 2. The second kappa shape index (κ2) is 6.92. The van der Waals surface area contributed by atoms with Crippen LogP contribution in [0, 0.1) is 5.92 Å². The number of aromatic nitrogens is 2. The highest BCUT2D eigenvalue weighted by Gasteiger charge is 2.20. The number of aryl methyl sites for hydroxylation is 1. The van der Waals surface area contributed by atoms with Crippen molar-refractivity contribution in [3.05, 3.63) is 11.9 Å². The van der Waals surface area contributed by atoms with Crippen molar-refractivity contribution in [2.45, 2.75) is 40.2 Å². The molecule has 1 unspecified atom stereocenters. The molecule has 0 bridgehead atoms. The van der Waals surface area contributed by atoms with Crippen molar-refractivity contribution >= 4 is 17.5 Å². The summed E-state index contributed by atoms with van der Waals surface area (Å²) in [5, 5.41) is 6.23. The third-order valence-electron chi connectivity index (χ3n) is 2.72. The Kier molecular flexibility index (Phi) is 5.54. The summed E-state index contributed by atoms with van der Waals surface area (Å²) < 4.78 is 0. The van der Waals surface area contributed by atoms with Crippen LogP contribution in [-0.4, -0.2) is 28.5 Å². The summed E-state index contributed by atoms with van der Waals surface area (Å²) in [4.78, 5) is 20.1. The monoisotopic (exact) mass is 265 g/mol. The van der Waals surface area contributed by atoms with E-state index in [2.05, 4.69) is 20.6 Å². The van der Waals surface area contributed by atoms with Gasteiger partial charge in [0, 0.05) is 19.0 Å². The van der Waals surface area contributed by atoms with E-state index in [4.69, 9.17) is 5.73 Å². The van der Waals surface area contributed by atoms with Gasteiger partial charge in [0.05, 0.1) is 0 Å². The molecule has 6 nitrogen and oxygen atoms in total. The highest BCUT2D eigenvalue weighted by atomic mass is 16.1. The lowest BCUT2D eigenvalue weighted by Crippen LogP contribution is -2.39. The van der Waals surface area contributed by atoms with Gasteiger partial charge in [-0.15, -0.1) is 0 Å². The van der Waals surface area contributed by atoms with E-state index < -0.39 is 6.04 Å². The lowest BCUT2D eigenvalue weighted by molar-refractivity contribution is -0.119. The molecule has 19 heavy (non-hydrogen) atoms. The summed E-state index contributed by atoms with van der Waals surface area (Å²) in [7, 11) is 0. The predicted molar refractivity (Wildman–Crippen MR) is 77.0 cm³/mol. The third kappa shape index (κ3) is 4.39. The summed E-state index contributed by atoms with van der Waals surface area (Å²) in [6, 6.07) is 1.36. The number of hydrogen-bond acceptors (Lipinski definition) is 5. The van der Waals surface area contributed by atoms with Crippen molar-refractivity contribution in [1.82, 2.24) is 9.97 Å². The van der Waals surface area contributed by atoms with Crippen molar-refractivity contribution in [1.29, 1.82) is 0 Å². The Morgan fingerprint density at radius 3 is 2.42 bits per heavy atom. The lowest BCUT2D eigenvalue weighted by atomic mass is 10.0. The summed E-state index contributed by atoms with van der Waals surface area (Å²) in [5.74, 6) is 1.83. The molecule has 1 aromatic heterocycles. The fraction of sp³-hybridized carbons (Fsp3) is 0.615. The normalized spacial score (nSPS) is 12.3. The summed E-state index contributed by atoms with van der Waals surface area (Å²) in [6.45, 7) is 8.65. The molecule has 106 valence electrons. The fourth-order valence-corrected chi connectivity index (χ4v) is 1.73. The lowest BCUT2D eigenvalue weighted by Gasteiger charge is -2.20. The third-order valence-corrected chi connectivity index (χ3v) is 2.72. The molecule has 0 saturated carbocycles. The molecule has 0 aliphatic rings. The molecule has 0 aliphatic heterocycles. The van der Waals surface area contributed by atoms with E-state index in [1.54, 1.807) is 6.07 Å². The number of nitrogens with two attached hydrogens (primary N) is 1. The molecule has 1 rings (SSSR count). The van der Waals surface area contributed by atoms with Crippen LogP contribution in [0.3, 0.4) is 0 Å². The molecule has 0 spiro atoms. The van der Waals surface area contributed by atoms with Crippen LogP contribution in [0.5, 0.6) is 0 Å². The van der Waals surface area contributed by atoms with Gasteiger partial charge in [-0.2, -0.15) is 0 Å². The maximum Gasteiger partial charge on any atom is 0.240 e. The molecular formula is C13H23N5O. The van der Waals surface area contributed by atoms with Crippen LogP contribution >= 0.6 is 0 Å². The van der Waals surface area contributed by atoms with Crippen LogP contribution in [0.25, 0.3) is 0 Å². The molecule has 0 radical (unpaired) electrons. The first kappa shape index (κ1) is 15.2. The van der Waals surface area contributed by atoms with Crippen LogP contribution in [0.2, 0.25) is 0 Å². The Labute approximate surface area is 114 Å². The maximum atomic E-state index is 11.4. The van der Waals surface area contributed by atoms with Gasteiger partial charge in [-0.25, -0.2) is 9.97 Å². The first-order valence-corrected chi connectivity index (χ1v) is 6.65. The average Bonchev–Trinajstić information content (AvgIpc) is 2.35. The van der Waals surface area contributed by atoms with E-state index in [1.165, 1.54) is 0 Å². The van der Waals surface area contributed by atoms with Gasteiger partial charge in [-0.1, -0.05) is 20.8 Å². The van der Waals surface area contributed by atoms with Gasteiger partial charge < -0.3 is 16.4 Å². The molecule has 1 aromatic rings. The highest BCUT2D eigenvalue weighted by molar-refractivity contribution is 5.83. The van der Waals surface area contributed by atoms with Crippen LogP contribution in [0.4, 0.5) is 11.6 Å². The number of carbonyl (C=O) groups excluding carboxylic acids is 1. The van der Waals surface area contributed by atoms with Crippen molar-refractivity contribution in [3.8, 4) is 0 Å². The Hall–Kier alpha value is -1.85. The Balaban J connectivity index is 2.98. The second-order valence-corrected chi connectivity index (χ2v) is 4.71. The number of nitrogens with zero attached hydrogens (tertiary/aromatic N) is 2. The van der Waals surface area contributed by atoms with Crippen LogP contribution < -0.4 is 16.4 Å². The molecular weight excluding hydrogens is 242 g/mol. The van der Waals surface area contributed by atoms with E-state index in [0.29, 0.717) is 5.82 Å². The second-order valence-electron chi connectivity index (χ2n) is 4.71. The van der Waals surface area contributed by atoms with E-state index >= 15 is 0 Å². The van der Waals surface area contributed by atoms with Gasteiger partial charge in [0.25, 0.3) is 0 Å². The number of carbonyl (C=O) groups is 1. The molecule has 0 aliphatic carbocycles. The minimum Gasteiger partial charge on any atom is -0.370 e. The zero-order valence-electron chi connectivity index (χ0n) is 12.0. The van der Waals surface area contributed by atoms with E-state index in [1.807, 2.05) is 27.7 Å². The highest BCUT2D eigenvalue weighted by Crippen LogP contribution is 2.15. The predicted octanol–water partition coefficient (Wildman–Crippen LogP) is 1.39. The molecule has 1 heterocycles. The van der Waals surface area contributed by atoms with E-state index in [-0.39, 0.29) is 11.8 Å². The van der Waals surface area contributed by atoms with Gasteiger partial charge in [-0.3, -0.25) is 4.79 Å². The minimum absolute atomic E-state index is 0.0973. The van der Waals surface area contributed by atoms with Crippen LogP contribution in [0.15, 0.2) is 6.07 Å². The number of hydrogen-bond donors (Lipinski definition) is 3. The summed E-state index contributed by atoms with van der Waals surface area (Å²) in [5.41, 5.74) is 5.39. The molecule has 6 heteroatoms. The van der Waals surface area contributed by atoms with E-state index in [9.17, 15) is 4.79 Å². The quantitative estimate of drug-likeness (QED) is 0.693. The number of primary amides is 1. The first-order valence-electron chi connectivity index (χ1n) is 6.65. The van der Waals surface area contributed by atoms with Gasteiger partial charge in [0.1, 0.15) is 23.5 Å². The van der Waals surface area contributed by atoms with Gasteiger partial charge in [0.15, 0.2) is 0 Å². The SMILES string of the molecule is CCNc1cc(NC(C(N)=O)C(C)C)nc(CC)n1. The molecule has 0 fully saturated rings. The zero-order valence-corrected chi connectivity index (χ0v) is 12.0. The Morgan fingerprint density at radius 2 is 1.95 bits per heavy atom. The summed E-state index contributed by atoms with van der Waals surface area (Å²) in [6.07, 6.45) is 0.733. The fourth-order valence-electron chi connectivity index (χ4n) is 1.73. The van der Waals surface area contributed by atoms with Crippen molar-refractivity contribution in [2.24, 2.45) is 11.7 Å². The Morgan fingerprint density at radius 1 is 1.32 bits per heavy atom. The van der Waals surface area contributed by atoms with Crippen molar-refractivity contribution < 1.29 is 4.79 Å². The molecule has 4 N–H and O–H groups in total.